The van der Waals surface area contributed by atoms with E-state index in [4.69, 9.17) is 0 Å². The first-order valence-electron chi connectivity index (χ1n) is 6.47. The summed E-state index contributed by atoms with van der Waals surface area (Å²) in [6.45, 7) is 0. The highest BCUT2D eigenvalue weighted by Crippen LogP contribution is 2.36. The Bertz CT molecular complexity index is 655. The zero-order valence-electron chi connectivity index (χ0n) is 10.7. The average Bonchev–Trinajstić information content (AvgIpc) is 2.91. The van der Waals surface area contributed by atoms with Gasteiger partial charge in [-0.25, -0.2) is 4.39 Å². The lowest BCUT2D eigenvalue weighted by Gasteiger charge is -2.22. The highest BCUT2D eigenvalue weighted by atomic mass is 79.9. The van der Waals surface area contributed by atoms with E-state index in [9.17, 15) is 9.18 Å². The molecule has 3 rings (SSSR count). The number of aryl methyl sites for hydroxylation is 1. The molecule has 1 aliphatic rings. The number of halogens is 2. The Morgan fingerprint density at radius 3 is 3.10 bits per heavy atom. The molecule has 0 fully saturated rings. The number of amides is 1. The van der Waals surface area contributed by atoms with Crippen LogP contribution in [0, 0.1) is 5.82 Å². The molecule has 0 aliphatic heterocycles. The summed E-state index contributed by atoms with van der Waals surface area (Å²) in [6.07, 6.45) is 2.93. The minimum atomic E-state index is -0.358. The summed E-state index contributed by atoms with van der Waals surface area (Å²) in [5.74, 6) is -0.542. The maximum atomic E-state index is 13.3. The fraction of sp³-hybridized carbons (Fsp3) is 0.267. The summed E-state index contributed by atoms with van der Waals surface area (Å²) in [5.41, 5.74) is 1.61. The molecule has 1 unspecified atom stereocenters. The van der Waals surface area contributed by atoms with E-state index in [0.717, 1.165) is 24.8 Å². The molecule has 1 heterocycles. The number of carbonyl (C=O) groups excluding carboxylic acids is 1. The zero-order valence-corrected chi connectivity index (χ0v) is 13.1. The topological polar surface area (TPSA) is 29.1 Å². The van der Waals surface area contributed by atoms with Gasteiger partial charge >= 0.3 is 0 Å². The Kier molecular flexibility index (Phi) is 3.89. The first-order chi connectivity index (χ1) is 9.65. The minimum absolute atomic E-state index is 0.0596. The van der Waals surface area contributed by atoms with E-state index in [0.29, 0.717) is 10.2 Å². The third kappa shape index (κ3) is 2.65. The van der Waals surface area contributed by atoms with Crippen molar-refractivity contribution in [3.8, 4) is 0 Å². The molecule has 2 nitrogen and oxygen atoms in total. The van der Waals surface area contributed by atoms with Crippen molar-refractivity contribution < 1.29 is 9.18 Å². The van der Waals surface area contributed by atoms with E-state index in [1.54, 1.807) is 17.4 Å². The van der Waals surface area contributed by atoms with E-state index < -0.39 is 0 Å². The molecular weight excluding hydrogens is 341 g/mol. The van der Waals surface area contributed by atoms with Crippen LogP contribution in [0.1, 0.15) is 29.2 Å². The largest absolute Gasteiger partial charge is 0.324 e. The van der Waals surface area contributed by atoms with Crippen molar-refractivity contribution in [3.05, 3.63) is 50.4 Å². The molecule has 0 bridgehead atoms. The normalized spacial score (nSPS) is 17.6. The summed E-state index contributed by atoms with van der Waals surface area (Å²) in [5, 5.41) is 4.87. The third-order valence-electron chi connectivity index (χ3n) is 3.55. The number of hydrogen-bond donors (Lipinski definition) is 1. The van der Waals surface area contributed by atoms with Crippen LogP contribution in [-0.4, -0.2) is 5.91 Å². The van der Waals surface area contributed by atoms with Gasteiger partial charge in [-0.15, -0.1) is 11.3 Å². The summed E-state index contributed by atoms with van der Waals surface area (Å²) >= 11 is 5.04. The van der Waals surface area contributed by atoms with E-state index >= 15 is 0 Å². The molecule has 1 aliphatic carbocycles. The van der Waals surface area contributed by atoms with Crippen LogP contribution in [0.3, 0.4) is 0 Å². The van der Waals surface area contributed by atoms with Crippen LogP contribution >= 0.6 is 27.3 Å². The van der Waals surface area contributed by atoms with Crippen molar-refractivity contribution in [2.75, 3.05) is 5.32 Å². The maximum absolute atomic E-state index is 13.3. The van der Waals surface area contributed by atoms with Gasteiger partial charge in [-0.05, 0) is 70.4 Å². The number of benzene rings is 1. The maximum Gasteiger partial charge on any atom is 0.231 e. The van der Waals surface area contributed by atoms with Gasteiger partial charge in [0.25, 0.3) is 0 Å². The molecule has 0 saturated heterocycles. The second kappa shape index (κ2) is 5.66. The number of carbonyl (C=O) groups is 1. The summed E-state index contributed by atoms with van der Waals surface area (Å²) in [6, 6.07) is 6.32. The van der Waals surface area contributed by atoms with Gasteiger partial charge in [0, 0.05) is 9.35 Å². The van der Waals surface area contributed by atoms with Gasteiger partial charge in [-0.3, -0.25) is 4.79 Å². The molecule has 104 valence electrons. The lowest BCUT2D eigenvalue weighted by Crippen LogP contribution is -2.24. The number of hydrogen-bond acceptors (Lipinski definition) is 2. The van der Waals surface area contributed by atoms with Crippen molar-refractivity contribution in [3.63, 3.8) is 0 Å². The summed E-state index contributed by atoms with van der Waals surface area (Å²) in [7, 11) is 0. The quantitative estimate of drug-likeness (QED) is 0.832. The van der Waals surface area contributed by atoms with E-state index in [1.807, 2.05) is 11.4 Å². The Morgan fingerprint density at radius 1 is 1.40 bits per heavy atom. The van der Waals surface area contributed by atoms with Gasteiger partial charge in [0.2, 0.25) is 5.91 Å². The van der Waals surface area contributed by atoms with Crippen molar-refractivity contribution in [2.24, 2.45) is 0 Å². The van der Waals surface area contributed by atoms with Crippen molar-refractivity contribution in [1.82, 2.24) is 0 Å². The van der Waals surface area contributed by atoms with Gasteiger partial charge < -0.3 is 5.32 Å². The first-order valence-corrected chi connectivity index (χ1v) is 8.14. The second-order valence-electron chi connectivity index (χ2n) is 4.86. The van der Waals surface area contributed by atoms with E-state index in [-0.39, 0.29) is 17.6 Å². The highest BCUT2D eigenvalue weighted by molar-refractivity contribution is 9.10. The molecule has 2 aromatic rings. The van der Waals surface area contributed by atoms with Crippen LogP contribution < -0.4 is 5.32 Å². The van der Waals surface area contributed by atoms with Crippen LogP contribution in [0.15, 0.2) is 34.1 Å². The van der Waals surface area contributed by atoms with Crippen LogP contribution in [-0.2, 0) is 11.2 Å². The molecule has 1 amide bonds. The molecule has 5 heteroatoms. The van der Waals surface area contributed by atoms with Gasteiger partial charge in [0.1, 0.15) is 5.82 Å². The number of thiophene rings is 1. The van der Waals surface area contributed by atoms with Crippen molar-refractivity contribution >= 4 is 38.9 Å². The monoisotopic (exact) mass is 353 g/mol. The minimum Gasteiger partial charge on any atom is -0.324 e. The Balaban J connectivity index is 1.83. The standard InChI is InChI=1S/C15H13BrFNOS/c16-12-5-4-9(17)8-13(12)18-15(19)11-2-1-3-14-10(11)6-7-20-14/h4-8,11H,1-3H2,(H,18,19). The number of fused-ring (bicyclic) bond motifs is 1. The Labute approximate surface area is 129 Å². The van der Waals surface area contributed by atoms with Gasteiger partial charge in [-0.2, -0.15) is 0 Å². The predicted molar refractivity (Wildman–Crippen MR) is 82.7 cm³/mol. The SMILES string of the molecule is O=C(Nc1cc(F)ccc1Br)C1CCCc2sccc21. The number of anilines is 1. The molecule has 1 N–H and O–H groups in total. The molecule has 20 heavy (non-hydrogen) atoms. The van der Waals surface area contributed by atoms with E-state index in [1.165, 1.54) is 17.0 Å². The average molecular weight is 354 g/mol. The fourth-order valence-corrected chi connectivity index (χ4v) is 3.91. The van der Waals surface area contributed by atoms with Crippen LogP contribution in [0.25, 0.3) is 0 Å². The number of rotatable bonds is 2. The molecule has 0 spiro atoms. The molecule has 1 aromatic carbocycles. The smallest absolute Gasteiger partial charge is 0.231 e. The molecule has 1 aromatic heterocycles. The van der Waals surface area contributed by atoms with Crippen LogP contribution in [0.5, 0.6) is 0 Å². The summed E-state index contributed by atoms with van der Waals surface area (Å²) in [4.78, 5) is 13.7. The van der Waals surface area contributed by atoms with Crippen LogP contribution in [0.4, 0.5) is 10.1 Å². The Morgan fingerprint density at radius 2 is 2.25 bits per heavy atom. The molecular formula is C15H13BrFNOS. The first kappa shape index (κ1) is 13.8. The zero-order chi connectivity index (χ0) is 14.1. The van der Waals surface area contributed by atoms with Crippen LogP contribution in [0.2, 0.25) is 0 Å². The fourth-order valence-electron chi connectivity index (χ4n) is 2.57. The lowest BCUT2D eigenvalue weighted by atomic mass is 9.87. The molecule has 0 radical (unpaired) electrons. The predicted octanol–water partition coefficient (Wildman–Crippen LogP) is 4.71. The molecule has 0 saturated carbocycles. The lowest BCUT2D eigenvalue weighted by molar-refractivity contribution is -0.117. The summed E-state index contributed by atoms with van der Waals surface area (Å²) < 4.78 is 13.9. The van der Waals surface area contributed by atoms with Crippen molar-refractivity contribution in [2.45, 2.75) is 25.2 Å². The van der Waals surface area contributed by atoms with Gasteiger partial charge in [-0.1, -0.05) is 0 Å². The Hall–Kier alpha value is -1.20. The third-order valence-corrected chi connectivity index (χ3v) is 5.24. The molecule has 1 atom stereocenters. The van der Waals surface area contributed by atoms with E-state index in [2.05, 4.69) is 21.2 Å². The van der Waals surface area contributed by atoms with Crippen molar-refractivity contribution in [1.29, 1.82) is 0 Å². The number of nitrogens with one attached hydrogen (secondary N) is 1. The highest BCUT2D eigenvalue weighted by Gasteiger charge is 2.27. The second-order valence-corrected chi connectivity index (χ2v) is 6.71. The van der Waals surface area contributed by atoms with Gasteiger partial charge in [0.05, 0.1) is 11.6 Å². The van der Waals surface area contributed by atoms with Gasteiger partial charge in [0.15, 0.2) is 0 Å².